The van der Waals surface area contributed by atoms with Gasteiger partial charge >= 0.3 is 5.97 Å². The van der Waals surface area contributed by atoms with Crippen LogP contribution < -0.4 is 21.7 Å². The first-order valence-electron chi connectivity index (χ1n) is 15.5. The van der Waals surface area contributed by atoms with Crippen LogP contribution in [0.1, 0.15) is 47.3 Å². The molecule has 5 rings (SSSR count). The number of nitrogens with zero attached hydrogens (tertiary/aromatic N) is 5. The van der Waals surface area contributed by atoms with Crippen LogP contribution in [0, 0.1) is 0 Å². The molecule has 2 aromatic carbocycles. The van der Waals surface area contributed by atoms with Crippen LogP contribution >= 0.6 is 0 Å². The Labute approximate surface area is 270 Å². The molecule has 1 saturated heterocycles. The normalized spacial score (nSPS) is 15.7. The fourth-order valence-corrected chi connectivity index (χ4v) is 5.05. The first kappa shape index (κ1) is 34.4. The SMILES string of the molecule is C=N/N=C(\OCCCNCCN1CCNCC1)c1cnc(Nc2ccc3c(c2)C(C)(C)OC3=O)nc1N.OCCc1ccccc1. The molecule has 13 nitrogen and oxygen atoms in total. The van der Waals surface area contributed by atoms with Crippen molar-refractivity contribution in [2.24, 2.45) is 10.2 Å². The molecule has 1 aromatic heterocycles. The van der Waals surface area contributed by atoms with E-state index in [1.807, 2.05) is 50.2 Å². The molecule has 0 spiro atoms. The summed E-state index contributed by atoms with van der Waals surface area (Å²) in [6, 6.07) is 15.3. The number of aliphatic hydroxyl groups excluding tert-OH is 1. The summed E-state index contributed by atoms with van der Waals surface area (Å²) in [5.74, 6) is 0.373. The second-order valence-electron chi connectivity index (χ2n) is 11.3. The van der Waals surface area contributed by atoms with E-state index in [-0.39, 0.29) is 24.3 Å². The van der Waals surface area contributed by atoms with E-state index in [9.17, 15) is 4.79 Å². The quantitative estimate of drug-likeness (QED) is 0.0618. The number of fused-ring (bicyclic) bond motifs is 1. The van der Waals surface area contributed by atoms with E-state index in [4.69, 9.17) is 20.3 Å². The molecule has 0 atom stereocenters. The smallest absolute Gasteiger partial charge is 0.339 e. The molecule has 2 aliphatic rings. The van der Waals surface area contributed by atoms with Crippen LogP contribution in [0.4, 0.5) is 17.5 Å². The molecule has 46 heavy (non-hydrogen) atoms. The zero-order valence-electron chi connectivity index (χ0n) is 26.7. The fraction of sp³-hybridized carbons (Fsp3) is 0.424. The van der Waals surface area contributed by atoms with Gasteiger partial charge in [0.2, 0.25) is 11.8 Å². The Morgan fingerprint density at radius 1 is 1.20 bits per heavy atom. The van der Waals surface area contributed by atoms with E-state index in [0.717, 1.165) is 64.2 Å². The summed E-state index contributed by atoms with van der Waals surface area (Å²) in [5.41, 5.74) is 9.18. The van der Waals surface area contributed by atoms with Crippen molar-refractivity contribution in [3.8, 4) is 0 Å². The number of carbonyl (C=O) groups is 1. The minimum atomic E-state index is -0.700. The second kappa shape index (κ2) is 17.3. The third-order valence-electron chi connectivity index (χ3n) is 7.50. The highest BCUT2D eigenvalue weighted by Gasteiger charge is 2.37. The average molecular weight is 632 g/mol. The van der Waals surface area contributed by atoms with Crippen molar-refractivity contribution in [1.82, 2.24) is 25.5 Å². The van der Waals surface area contributed by atoms with Crippen LogP contribution in [-0.2, 0) is 21.5 Å². The summed E-state index contributed by atoms with van der Waals surface area (Å²) < 4.78 is 11.2. The number of cyclic esters (lactones) is 1. The molecule has 0 bridgehead atoms. The van der Waals surface area contributed by atoms with Gasteiger partial charge in [-0.15, -0.1) is 5.10 Å². The molecule has 1 fully saturated rings. The highest BCUT2D eigenvalue weighted by atomic mass is 16.6. The predicted octanol–water partition coefficient (Wildman–Crippen LogP) is 2.69. The molecule has 0 aliphatic carbocycles. The number of rotatable bonds is 13. The van der Waals surface area contributed by atoms with Gasteiger partial charge < -0.3 is 36.3 Å². The molecule has 3 aromatic rings. The summed E-state index contributed by atoms with van der Waals surface area (Å²) in [7, 11) is 0. The third-order valence-corrected chi connectivity index (χ3v) is 7.50. The van der Waals surface area contributed by atoms with Crippen LogP contribution in [-0.4, -0.2) is 97.6 Å². The minimum absolute atomic E-state index is 0.189. The Balaban J connectivity index is 0.000000459. The zero-order chi connectivity index (χ0) is 32.8. The van der Waals surface area contributed by atoms with Crippen LogP contribution in [0.15, 0.2) is 64.9 Å². The van der Waals surface area contributed by atoms with Gasteiger partial charge in [-0.1, -0.05) is 30.3 Å². The standard InChI is InChI=1S/C25H35N9O3.C8H10O/c1-25(2)20-15-17(5-6-18(20)23(35)37-25)31-24-30-16-19(21(26)32-24)22(33-27-3)36-14-4-7-28-8-11-34-12-9-29-10-13-34;9-7-6-8-4-2-1-3-5-8/h5-6,15-16,28-29H,3-4,7-14H2,1-2H3,(H3,26,30,31,32);1-5,9H,6-7H2/b33-22-;. The predicted molar refractivity (Wildman–Crippen MR) is 181 cm³/mol. The largest absolute Gasteiger partial charge is 0.476 e. The van der Waals surface area contributed by atoms with Crippen LogP contribution in [0.2, 0.25) is 0 Å². The molecular formula is C33H45N9O4. The zero-order valence-corrected chi connectivity index (χ0v) is 26.7. The Bertz CT molecular complexity index is 1460. The monoisotopic (exact) mass is 631 g/mol. The lowest BCUT2D eigenvalue weighted by Crippen LogP contribution is -2.45. The Kier molecular flexibility index (Phi) is 13.0. The molecule has 2 aliphatic heterocycles. The third kappa shape index (κ3) is 10.0. The van der Waals surface area contributed by atoms with Crippen molar-refractivity contribution < 1.29 is 19.4 Å². The Morgan fingerprint density at radius 3 is 2.70 bits per heavy atom. The van der Waals surface area contributed by atoms with Crippen molar-refractivity contribution >= 4 is 36.0 Å². The maximum absolute atomic E-state index is 12.0. The van der Waals surface area contributed by atoms with Gasteiger partial charge in [0.05, 0.1) is 17.7 Å². The number of nitrogen functional groups attached to an aromatic ring is 1. The lowest BCUT2D eigenvalue weighted by molar-refractivity contribution is 0.00954. The summed E-state index contributed by atoms with van der Waals surface area (Å²) >= 11 is 0. The summed E-state index contributed by atoms with van der Waals surface area (Å²) in [6.07, 6.45) is 3.09. The van der Waals surface area contributed by atoms with E-state index in [1.54, 1.807) is 12.1 Å². The molecule has 0 amide bonds. The first-order chi connectivity index (χ1) is 22.3. The molecule has 3 heterocycles. The summed E-state index contributed by atoms with van der Waals surface area (Å²) in [6.45, 7) is 14.9. The lowest BCUT2D eigenvalue weighted by atomic mass is 9.95. The van der Waals surface area contributed by atoms with E-state index in [0.29, 0.717) is 29.4 Å². The van der Waals surface area contributed by atoms with E-state index < -0.39 is 5.60 Å². The number of aliphatic hydroxyl groups is 1. The van der Waals surface area contributed by atoms with Crippen molar-refractivity contribution in [3.63, 3.8) is 0 Å². The fourth-order valence-electron chi connectivity index (χ4n) is 5.05. The van der Waals surface area contributed by atoms with Gasteiger partial charge in [0.1, 0.15) is 11.4 Å². The molecule has 0 unspecified atom stereocenters. The Hall–Kier alpha value is -4.43. The van der Waals surface area contributed by atoms with Gasteiger partial charge in [-0.25, -0.2) is 9.78 Å². The number of hydrogen-bond acceptors (Lipinski definition) is 13. The van der Waals surface area contributed by atoms with Crippen LogP contribution in [0.5, 0.6) is 0 Å². The van der Waals surface area contributed by atoms with Gasteiger partial charge in [0.25, 0.3) is 0 Å². The van der Waals surface area contributed by atoms with E-state index in [2.05, 4.69) is 47.7 Å². The molecule has 246 valence electrons. The first-order valence-corrected chi connectivity index (χ1v) is 15.5. The number of nitrogens with one attached hydrogen (secondary N) is 3. The van der Waals surface area contributed by atoms with E-state index in [1.165, 1.54) is 11.8 Å². The second-order valence-corrected chi connectivity index (χ2v) is 11.3. The number of carbonyl (C=O) groups excluding carboxylic acids is 1. The maximum atomic E-state index is 12.0. The van der Waals surface area contributed by atoms with Gasteiger partial charge in [0.15, 0.2) is 0 Å². The Morgan fingerprint density at radius 2 is 1.98 bits per heavy atom. The van der Waals surface area contributed by atoms with Crippen molar-refractivity contribution in [1.29, 1.82) is 0 Å². The van der Waals surface area contributed by atoms with Crippen LogP contribution in [0.3, 0.4) is 0 Å². The molecular weight excluding hydrogens is 586 g/mol. The van der Waals surface area contributed by atoms with E-state index >= 15 is 0 Å². The van der Waals surface area contributed by atoms with Gasteiger partial charge in [-0.05, 0) is 57.0 Å². The van der Waals surface area contributed by atoms with Crippen LogP contribution in [0.25, 0.3) is 0 Å². The van der Waals surface area contributed by atoms with Gasteiger partial charge in [-0.2, -0.15) is 10.1 Å². The van der Waals surface area contributed by atoms with Crippen molar-refractivity contribution in [3.05, 3.63) is 77.0 Å². The maximum Gasteiger partial charge on any atom is 0.339 e. The number of nitrogens with two attached hydrogens (primary N) is 1. The highest BCUT2D eigenvalue weighted by Crippen LogP contribution is 2.37. The molecule has 0 radical (unpaired) electrons. The minimum Gasteiger partial charge on any atom is -0.476 e. The number of ether oxygens (including phenoxy) is 2. The highest BCUT2D eigenvalue weighted by molar-refractivity contribution is 5.98. The number of aromatic nitrogens is 2. The number of piperazine rings is 1. The number of anilines is 3. The number of hydrogen-bond donors (Lipinski definition) is 5. The summed E-state index contributed by atoms with van der Waals surface area (Å²) in [5, 5.41) is 26.0. The molecule has 6 N–H and O–H groups in total. The van der Waals surface area contributed by atoms with Crippen molar-refractivity contribution in [2.45, 2.75) is 32.3 Å². The number of benzene rings is 2. The lowest BCUT2D eigenvalue weighted by Gasteiger charge is -2.27. The molecule has 13 heteroatoms. The van der Waals surface area contributed by atoms with Crippen molar-refractivity contribution in [2.75, 3.05) is 70.1 Å². The van der Waals surface area contributed by atoms with Gasteiger partial charge in [-0.3, -0.25) is 4.90 Å². The summed E-state index contributed by atoms with van der Waals surface area (Å²) in [4.78, 5) is 23.2. The molecule has 0 saturated carbocycles. The topological polar surface area (TPSA) is 172 Å². The van der Waals surface area contributed by atoms with Gasteiger partial charge in [0, 0.05) is 70.0 Å². The number of esters is 1. The average Bonchev–Trinajstić information content (AvgIpc) is 3.28.